The standard InChI is InChI=1S/C8H4N3/c9-5-8-10-6-3-1-2-4-7(6)11-8/h1-4H. The predicted octanol–water partition coefficient (Wildman–Crippen LogP) is -0.0475. The molecule has 0 atom stereocenters. The zero-order valence-electron chi connectivity index (χ0n) is 5.65. The van der Waals surface area contributed by atoms with E-state index < -0.39 is 0 Å². The number of nitrogens with zero attached hydrogens (tertiary/aromatic N) is 3. The third-order valence-electron chi connectivity index (χ3n) is 1.43. The third kappa shape index (κ3) is 0.887. The first-order valence-corrected chi connectivity index (χ1v) is 3.20. The van der Waals surface area contributed by atoms with Crippen LogP contribution in [-0.2, 0) is 0 Å². The number of hydrogen-bond acceptors (Lipinski definition) is 3. The Hall–Kier alpha value is -1.69. The number of fused-ring (bicyclic) bond motifs is 1. The first-order valence-electron chi connectivity index (χ1n) is 3.20. The van der Waals surface area contributed by atoms with Gasteiger partial charge in [-0.2, -0.15) is 5.26 Å². The lowest BCUT2D eigenvalue weighted by molar-refractivity contribution is 1.08. The first-order chi connectivity index (χ1) is 5.40. The van der Waals surface area contributed by atoms with Crippen LogP contribution in [0.25, 0.3) is 0 Å². The van der Waals surface area contributed by atoms with Gasteiger partial charge in [0.25, 0.3) is 6.17 Å². The van der Waals surface area contributed by atoms with Gasteiger partial charge in [-0.25, -0.2) is 9.98 Å². The number of rotatable bonds is 0. The SMILES string of the molecule is N#C[C]1N=c2ccccc2=N1. The van der Waals surface area contributed by atoms with Crippen molar-refractivity contribution < 1.29 is 0 Å². The Bertz CT molecular complexity index is 392. The van der Waals surface area contributed by atoms with E-state index >= 15 is 0 Å². The van der Waals surface area contributed by atoms with E-state index in [2.05, 4.69) is 9.98 Å². The van der Waals surface area contributed by atoms with E-state index in [0.29, 0.717) is 0 Å². The number of para-hydroxylation sites is 2. The van der Waals surface area contributed by atoms with Gasteiger partial charge in [-0.3, -0.25) is 0 Å². The minimum Gasteiger partial charge on any atom is -0.234 e. The number of benzene rings is 1. The van der Waals surface area contributed by atoms with Crippen molar-refractivity contribution in [3.05, 3.63) is 41.1 Å². The largest absolute Gasteiger partial charge is 0.298 e. The maximum Gasteiger partial charge on any atom is 0.298 e. The summed E-state index contributed by atoms with van der Waals surface area (Å²) in [6.07, 6.45) is 0.242. The lowest BCUT2D eigenvalue weighted by atomic mass is 10.3. The predicted molar refractivity (Wildman–Crippen MR) is 37.6 cm³/mol. The van der Waals surface area contributed by atoms with E-state index in [4.69, 9.17) is 5.26 Å². The van der Waals surface area contributed by atoms with Crippen LogP contribution in [0.15, 0.2) is 34.3 Å². The number of nitriles is 1. The van der Waals surface area contributed by atoms with Crippen LogP contribution in [0.5, 0.6) is 0 Å². The number of hydrogen-bond donors (Lipinski definition) is 0. The van der Waals surface area contributed by atoms with E-state index in [1.165, 1.54) is 0 Å². The second kappa shape index (κ2) is 2.17. The van der Waals surface area contributed by atoms with E-state index in [9.17, 15) is 0 Å². The molecule has 0 saturated heterocycles. The van der Waals surface area contributed by atoms with Gasteiger partial charge < -0.3 is 0 Å². The fourth-order valence-electron chi connectivity index (χ4n) is 0.956. The van der Waals surface area contributed by atoms with Crippen molar-refractivity contribution in [1.82, 2.24) is 0 Å². The Morgan fingerprint density at radius 1 is 1.09 bits per heavy atom. The van der Waals surface area contributed by atoms with Gasteiger partial charge in [0.05, 0.1) is 10.7 Å². The summed E-state index contributed by atoms with van der Waals surface area (Å²) < 4.78 is 0. The van der Waals surface area contributed by atoms with E-state index in [-0.39, 0.29) is 6.17 Å². The minimum absolute atomic E-state index is 0.242. The molecule has 0 aliphatic carbocycles. The highest BCUT2D eigenvalue weighted by Crippen LogP contribution is 2.00. The molecule has 0 spiro atoms. The van der Waals surface area contributed by atoms with Crippen molar-refractivity contribution in [3.63, 3.8) is 0 Å². The summed E-state index contributed by atoms with van der Waals surface area (Å²) in [6.45, 7) is 0. The zero-order chi connectivity index (χ0) is 7.68. The Labute approximate surface area is 63.3 Å². The summed E-state index contributed by atoms with van der Waals surface area (Å²) in [5, 5.41) is 10.0. The zero-order valence-corrected chi connectivity index (χ0v) is 5.65. The van der Waals surface area contributed by atoms with Crippen LogP contribution in [0.1, 0.15) is 0 Å². The minimum atomic E-state index is 0.242. The molecule has 1 aromatic rings. The molecule has 3 nitrogen and oxygen atoms in total. The van der Waals surface area contributed by atoms with Crippen molar-refractivity contribution in [2.75, 3.05) is 0 Å². The second-order valence-electron chi connectivity index (χ2n) is 2.15. The van der Waals surface area contributed by atoms with Crippen molar-refractivity contribution in [2.24, 2.45) is 9.98 Å². The first kappa shape index (κ1) is 6.05. The Kier molecular flexibility index (Phi) is 1.19. The van der Waals surface area contributed by atoms with E-state index in [1.807, 2.05) is 30.3 Å². The molecule has 1 aromatic carbocycles. The molecule has 2 rings (SSSR count). The molecule has 0 bridgehead atoms. The van der Waals surface area contributed by atoms with Crippen LogP contribution < -0.4 is 10.7 Å². The fourth-order valence-corrected chi connectivity index (χ4v) is 0.956. The summed E-state index contributed by atoms with van der Waals surface area (Å²) in [7, 11) is 0. The molecule has 0 amide bonds. The van der Waals surface area contributed by atoms with Gasteiger partial charge in [-0.15, -0.1) is 0 Å². The van der Waals surface area contributed by atoms with Gasteiger partial charge in [-0.05, 0) is 12.1 Å². The lowest BCUT2D eigenvalue weighted by Crippen LogP contribution is -2.19. The summed E-state index contributed by atoms with van der Waals surface area (Å²) in [5.41, 5.74) is 0. The van der Waals surface area contributed by atoms with Crippen LogP contribution in [0.3, 0.4) is 0 Å². The highest BCUT2D eigenvalue weighted by molar-refractivity contribution is 5.16. The monoisotopic (exact) mass is 142 g/mol. The van der Waals surface area contributed by atoms with Gasteiger partial charge in [0.2, 0.25) is 0 Å². The maximum absolute atomic E-state index is 8.46. The van der Waals surface area contributed by atoms with Crippen molar-refractivity contribution in [1.29, 1.82) is 5.26 Å². The molecular formula is C8H4N3. The van der Waals surface area contributed by atoms with Crippen LogP contribution in [0, 0.1) is 17.5 Å². The fraction of sp³-hybridized carbons (Fsp3) is 0. The topological polar surface area (TPSA) is 48.5 Å². The molecule has 0 aromatic heterocycles. The van der Waals surface area contributed by atoms with Gasteiger partial charge in [0, 0.05) is 0 Å². The summed E-state index contributed by atoms with van der Waals surface area (Å²) >= 11 is 0. The van der Waals surface area contributed by atoms with Crippen LogP contribution in [-0.4, -0.2) is 0 Å². The van der Waals surface area contributed by atoms with Crippen molar-refractivity contribution in [3.8, 4) is 6.07 Å². The molecule has 0 unspecified atom stereocenters. The average molecular weight is 142 g/mol. The van der Waals surface area contributed by atoms with Crippen molar-refractivity contribution >= 4 is 0 Å². The molecule has 1 radical (unpaired) electrons. The van der Waals surface area contributed by atoms with E-state index in [1.54, 1.807) is 0 Å². The summed E-state index contributed by atoms with van der Waals surface area (Å²) in [5.74, 6) is 0. The second-order valence-corrected chi connectivity index (χ2v) is 2.15. The van der Waals surface area contributed by atoms with Crippen LogP contribution in [0.2, 0.25) is 0 Å². The average Bonchev–Trinajstić information content (AvgIpc) is 2.46. The molecule has 0 fully saturated rings. The van der Waals surface area contributed by atoms with Crippen molar-refractivity contribution in [2.45, 2.75) is 0 Å². The lowest BCUT2D eigenvalue weighted by Gasteiger charge is -1.79. The molecule has 0 saturated carbocycles. The molecule has 51 valence electrons. The third-order valence-corrected chi connectivity index (χ3v) is 1.43. The molecule has 1 aliphatic rings. The molecule has 0 N–H and O–H groups in total. The molecule has 11 heavy (non-hydrogen) atoms. The molecule has 1 heterocycles. The summed E-state index contributed by atoms with van der Waals surface area (Å²) in [6, 6.07) is 9.31. The molecular weight excluding hydrogens is 138 g/mol. The van der Waals surface area contributed by atoms with E-state index in [0.717, 1.165) is 10.7 Å². The smallest absolute Gasteiger partial charge is 0.234 e. The Morgan fingerprint density at radius 2 is 1.64 bits per heavy atom. The van der Waals surface area contributed by atoms with Gasteiger partial charge in [-0.1, -0.05) is 12.1 Å². The van der Waals surface area contributed by atoms with Crippen LogP contribution >= 0.6 is 0 Å². The quantitative estimate of drug-likeness (QED) is 0.501. The normalized spacial score (nSPS) is 14.5. The van der Waals surface area contributed by atoms with Gasteiger partial charge in [0.15, 0.2) is 0 Å². The highest BCUT2D eigenvalue weighted by atomic mass is 15.0. The Balaban J connectivity index is 2.73. The molecule has 1 aliphatic heterocycles. The van der Waals surface area contributed by atoms with Crippen LogP contribution in [0.4, 0.5) is 0 Å². The Morgan fingerprint density at radius 3 is 2.09 bits per heavy atom. The molecule has 3 heteroatoms. The van der Waals surface area contributed by atoms with Gasteiger partial charge >= 0.3 is 0 Å². The summed E-state index contributed by atoms with van der Waals surface area (Å²) in [4.78, 5) is 7.92. The van der Waals surface area contributed by atoms with Gasteiger partial charge in [0.1, 0.15) is 6.07 Å². The maximum atomic E-state index is 8.46. The highest BCUT2D eigenvalue weighted by Gasteiger charge is 2.08.